The first-order chi connectivity index (χ1) is 8.83. The summed E-state index contributed by atoms with van der Waals surface area (Å²) in [6, 6.07) is 8.74. The highest BCUT2D eigenvalue weighted by Crippen LogP contribution is 2.32. The van der Waals surface area contributed by atoms with Crippen LogP contribution in [0.25, 0.3) is 0 Å². The molecule has 0 aromatic heterocycles. The van der Waals surface area contributed by atoms with Crippen LogP contribution in [0, 0.1) is 0 Å². The van der Waals surface area contributed by atoms with Crippen LogP contribution in [-0.4, -0.2) is 43.8 Å². The van der Waals surface area contributed by atoms with E-state index in [4.69, 9.17) is 4.74 Å². The van der Waals surface area contributed by atoms with E-state index in [2.05, 4.69) is 41.4 Å². The molecule has 2 aliphatic heterocycles. The third kappa shape index (κ3) is 2.52. The van der Waals surface area contributed by atoms with Crippen molar-refractivity contribution in [3.05, 3.63) is 29.8 Å². The van der Waals surface area contributed by atoms with E-state index in [1.54, 1.807) is 0 Å². The highest BCUT2D eigenvalue weighted by Gasteiger charge is 2.24. The van der Waals surface area contributed by atoms with E-state index in [-0.39, 0.29) is 0 Å². The van der Waals surface area contributed by atoms with Crippen molar-refractivity contribution in [2.75, 3.05) is 38.1 Å². The maximum atomic E-state index is 5.61. The molecule has 98 valence electrons. The molecule has 2 unspecified atom stereocenters. The molecular weight excluding hydrogens is 224 g/mol. The summed E-state index contributed by atoms with van der Waals surface area (Å²) in [7, 11) is 0. The highest BCUT2D eigenvalue weighted by atomic mass is 16.5. The molecule has 0 amide bonds. The monoisotopic (exact) mass is 246 g/mol. The second kappa shape index (κ2) is 5.29. The van der Waals surface area contributed by atoms with E-state index < -0.39 is 0 Å². The maximum absolute atomic E-state index is 5.61. The predicted octanol–water partition coefficient (Wildman–Crippen LogP) is 2.31. The van der Waals surface area contributed by atoms with Gasteiger partial charge in [-0.15, -0.1) is 0 Å². The molecule has 2 atom stereocenters. The van der Waals surface area contributed by atoms with Gasteiger partial charge in [0.2, 0.25) is 0 Å². The lowest BCUT2D eigenvalue weighted by Crippen LogP contribution is -2.43. The fourth-order valence-electron chi connectivity index (χ4n) is 3.11. The Kier molecular flexibility index (Phi) is 3.52. The summed E-state index contributed by atoms with van der Waals surface area (Å²) in [4.78, 5) is 2.56. The minimum absolute atomic E-state index is 0.385. The smallest absolute Gasteiger partial charge is 0.0674 e. The number of nitrogens with one attached hydrogen (secondary N) is 1. The molecule has 1 aromatic carbocycles. The van der Waals surface area contributed by atoms with Crippen LogP contribution in [0.4, 0.5) is 5.69 Å². The van der Waals surface area contributed by atoms with Crippen molar-refractivity contribution in [3.63, 3.8) is 0 Å². The molecule has 1 saturated heterocycles. The van der Waals surface area contributed by atoms with Gasteiger partial charge in [-0.1, -0.05) is 18.2 Å². The molecule has 3 nitrogen and oxygen atoms in total. The fraction of sp³-hybridized carbons (Fsp3) is 0.600. The van der Waals surface area contributed by atoms with Crippen LogP contribution in [0.2, 0.25) is 0 Å². The van der Waals surface area contributed by atoms with Gasteiger partial charge in [0.05, 0.1) is 12.7 Å². The molecule has 0 bridgehead atoms. The number of hydrogen-bond acceptors (Lipinski definition) is 3. The normalized spacial score (nSPS) is 28.5. The Labute approximate surface area is 109 Å². The van der Waals surface area contributed by atoms with Crippen molar-refractivity contribution >= 4 is 5.69 Å². The molecule has 0 saturated carbocycles. The van der Waals surface area contributed by atoms with Gasteiger partial charge < -0.3 is 10.1 Å². The van der Waals surface area contributed by atoms with E-state index in [0.717, 1.165) is 26.2 Å². The lowest BCUT2D eigenvalue weighted by Gasteiger charge is -2.36. The second-order valence-electron chi connectivity index (χ2n) is 5.44. The SMILES string of the molecule is CC1CN(CC2CCNc3ccccc32)CCO1. The minimum Gasteiger partial charge on any atom is -0.385 e. The summed E-state index contributed by atoms with van der Waals surface area (Å²) in [5, 5.41) is 3.50. The standard InChI is InChI=1S/C15H22N2O/c1-12-10-17(8-9-18-12)11-13-6-7-16-15-5-3-2-4-14(13)15/h2-5,12-13,16H,6-11H2,1H3. The number of nitrogens with zero attached hydrogens (tertiary/aromatic N) is 1. The van der Waals surface area contributed by atoms with Crippen molar-refractivity contribution in [2.24, 2.45) is 0 Å². The maximum Gasteiger partial charge on any atom is 0.0674 e. The van der Waals surface area contributed by atoms with Crippen molar-refractivity contribution in [1.82, 2.24) is 4.90 Å². The molecule has 0 spiro atoms. The van der Waals surface area contributed by atoms with Gasteiger partial charge in [0.25, 0.3) is 0 Å². The van der Waals surface area contributed by atoms with Gasteiger partial charge in [-0.05, 0) is 25.0 Å². The number of ether oxygens (including phenoxy) is 1. The van der Waals surface area contributed by atoms with Crippen LogP contribution >= 0.6 is 0 Å². The Balaban J connectivity index is 1.70. The Morgan fingerprint density at radius 3 is 3.17 bits per heavy atom. The summed E-state index contributed by atoms with van der Waals surface area (Å²) in [5.41, 5.74) is 2.82. The van der Waals surface area contributed by atoms with Crippen LogP contribution in [0.15, 0.2) is 24.3 Å². The van der Waals surface area contributed by atoms with Gasteiger partial charge in [-0.2, -0.15) is 0 Å². The van der Waals surface area contributed by atoms with Crippen LogP contribution in [0.3, 0.4) is 0 Å². The zero-order valence-corrected chi connectivity index (χ0v) is 11.1. The van der Waals surface area contributed by atoms with E-state index >= 15 is 0 Å². The van der Waals surface area contributed by atoms with Gasteiger partial charge in [0, 0.05) is 37.8 Å². The Hall–Kier alpha value is -1.06. The lowest BCUT2D eigenvalue weighted by atomic mass is 9.90. The molecule has 2 heterocycles. The van der Waals surface area contributed by atoms with Crippen LogP contribution < -0.4 is 5.32 Å². The van der Waals surface area contributed by atoms with Gasteiger partial charge in [0.15, 0.2) is 0 Å². The molecular formula is C15H22N2O. The van der Waals surface area contributed by atoms with Crippen molar-refractivity contribution in [1.29, 1.82) is 0 Å². The van der Waals surface area contributed by atoms with Crippen LogP contribution in [0.5, 0.6) is 0 Å². The third-order valence-corrected chi connectivity index (χ3v) is 4.01. The second-order valence-corrected chi connectivity index (χ2v) is 5.44. The van der Waals surface area contributed by atoms with Crippen molar-refractivity contribution < 1.29 is 4.74 Å². The highest BCUT2D eigenvalue weighted by molar-refractivity contribution is 5.54. The first-order valence-electron chi connectivity index (χ1n) is 6.99. The number of rotatable bonds is 2. The van der Waals surface area contributed by atoms with Crippen LogP contribution in [-0.2, 0) is 4.74 Å². The molecule has 18 heavy (non-hydrogen) atoms. The molecule has 3 heteroatoms. The molecule has 1 aromatic rings. The Morgan fingerprint density at radius 2 is 2.28 bits per heavy atom. The first-order valence-corrected chi connectivity index (χ1v) is 6.99. The molecule has 1 N–H and O–H groups in total. The number of benzene rings is 1. The van der Waals surface area contributed by atoms with Gasteiger partial charge in [-0.3, -0.25) is 4.90 Å². The number of hydrogen-bond donors (Lipinski definition) is 1. The number of fused-ring (bicyclic) bond motifs is 1. The zero-order valence-electron chi connectivity index (χ0n) is 11.1. The summed E-state index contributed by atoms with van der Waals surface area (Å²) in [6.45, 7) is 7.48. The quantitative estimate of drug-likeness (QED) is 0.866. The number of morpholine rings is 1. The fourth-order valence-corrected chi connectivity index (χ4v) is 3.11. The topological polar surface area (TPSA) is 24.5 Å². The zero-order chi connectivity index (χ0) is 12.4. The van der Waals surface area contributed by atoms with Gasteiger partial charge in [-0.25, -0.2) is 0 Å². The van der Waals surface area contributed by atoms with E-state index in [1.807, 2.05) is 0 Å². The largest absolute Gasteiger partial charge is 0.385 e. The lowest BCUT2D eigenvalue weighted by molar-refractivity contribution is -0.0203. The summed E-state index contributed by atoms with van der Waals surface area (Å²) in [6.07, 6.45) is 1.62. The molecule has 0 radical (unpaired) electrons. The molecule has 2 aliphatic rings. The van der Waals surface area contributed by atoms with Crippen molar-refractivity contribution in [2.45, 2.75) is 25.4 Å². The molecule has 0 aliphatic carbocycles. The molecule has 3 rings (SSSR count). The van der Waals surface area contributed by atoms with Crippen LogP contribution in [0.1, 0.15) is 24.8 Å². The molecule has 1 fully saturated rings. The number of anilines is 1. The third-order valence-electron chi connectivity index (χ3n) is 4.01. The minimum atomic E-state index is 0.385. The Bertz CT molecular complexity index is 407. The summed E-state index contributed by atoms with van der Waals surface area (Å²) >= 11 is 0. The first kappa shape index (κ1) is 12.0. The summed E-state index contributed by atoms with van der Waals surface area (Å²) in [5.74, 6) is 0.674. The van der Waals surface area contributed by atoms with Gasteiger partial charge in [0.1, 0.15) is 0 Å². The average Bonchev–Trinajstić information content (AvgIpc) is 2.39. The van der Waals surface area contributed by atoms with Crippen molar-refractivity contribution in [3.8, 4) is 0 Å². The average molecular weight is 246 g/mol. The van der Waals surface area contributed by atoms with E-state index in [1.165, 1.54) is 24.2 Å². The summed E-state index contributed by atoms with van der Waals surface area (Å²) < 4.78 is 5.61. The predicted molar refractivity (Wildman–Crippen MR) is 74.1 cm³/mol. The Morgan fingerprint density at radius 1 is 1.39 bits per heavy atom. The van der Waals surface area contributed by atoms with E-state index in [9.17, 15) is 0 Å². The van der Waals surface area contributed by atoms with E-state index in [0.29, 0.717) is 12.0 Å². The van der Waals surface area contributed by atoms with Gasteiger partial charge >= 0.3 is 0 Å². The number of para-hydroxylation sites is 1.